The molecule has 0 radical (unpaired) electrons. The monoisotopic (exact) mass is 612 g/mol. The summed E-state index contributed by atoms with van der Waals surface area (Å²) in [6.07, 6.45) is 2.26. The summed E-state index contributed by atoms with van der Waals surface area (Å²) in [5.74, 6) is -5.05. The highest BCUT2D eigenvalue weighted by Gasteiger charge is 2.56. The van der Waals surface area contributed by atoms with Gasteiger partial charge in [-0.1, -0.05) is 30.3 Å². The minimum Gasteiger partial charge on any atom is -0.483 e. The van der Waals surface area contributed by atoms with Crippen molar-refractivity contribution in [2.75, 3.05) is 13.2 Å². The number of aliphatic hydroxyl groups is 1. The van der Waals surface area contributed by atoms with Crippen LogP contribution in [-0.2, 0) is 18.0 Å². The molecule has 13 heteroatoms. The Balaban J connectivity index is 1.45. The van der Waals surface area contributed by atoms with Crippen LogP contribution < -0.4 is 15.9 Å². The average molecular weight is 613 g/mol. The van der Waals surface area contributed by atoms with Crippen LogP contribution in [0.2, 0.25) is 0 Å². The number of hydroxylamine groups is 2. The lowest BCUT2D eigenvalue weighted by molar-refractivity contribution is -0.229. The number of carbonyl (C=O) groups is 2. The molecule has 1 aromatic heterocycles. The Labute approximate surface area is 250 Å². The molecule has 3 aliphatic rings. The molecule has 2 amide bonds. The summed E-state index contributed by atoms with van der Waals surface area (Å²) in [7, 11) is 0. The molecular formula is C31H31F3N4O6. The minimum absolute atomic E-state index is 0.0599. The number of rotatable bonds is 7. The second-order valence-corrected chi connectivity index (χ2v) is 11.6. The number of amides is 2. The smallest absolute Gasteiger partial charge is 0.274 e. The first-order valence-corrected chi connectivity index (χ1v) is 14.3. The van der Waals surface area contributed by atoms with Crippen LogP contribution >= 0.6 is 0 Å². The molecule has 0 aliphatic carbocycles. The van der Waals surface area contributed by atoms with Crippen LogP contribution in [0.1, 0.15) is 64.2 Å². The van der Waals surface area contributed by atoms with Crippen LogP contribution in [0.3, 0.4) is 0 Å². The summed E-state index contributed by atoms with van der Waals surface area (Å²) in [6.45, 7) is 1.08. The molecule has 1 unspecified atom stereocenters. The van der Waals surface area contributed by atoms with Gasteiger partial charge >= 0.3 is 0 Å². The van der Waals surface area contributed by atoms with Crippen molar-refractivity contribution < 1.29 is 37.4 Å². The quantitative estimate of drug-likeness (QED) is 0.420. The summed E-state index contributed by atoms with van der Waals surface area (Å²) in [5, 5.41) is 11.6. The normalized spacial score (nSPS) is 24.8. The molecule has 44 heavy (non-hydrogen) atoms. The highest BCUT2D eigenvalue weighted by molar-refractivity contribution is 5.99. The van der Waals surface area contributed by atoms with E-state index in [4.69, 9.17) is 15.3 Å². The van der Waals surface area contributed by atoms with Crippen LogP contribution in [0.4, 0.5) is 13.2 Å². The lowest BCUT2D eigenvalue weighted by Crippen LogP contribution is -2.52. The largest absolute Gasteiger partial charge is 0.483 e. The maximum atomic E-state index is 14.6. The van der Waals surface area contributed by atoms with E-state index in [2.05, 4.69) is 0 Å². The first-order valence-electron chi connectivity index (χ1n) is 14.3. The van der Waals surface area contributed by atoms with Gasteiger partial charge in [-0.05, 0) is 25.3 Å². The Bertz CT molecular complexity index is 1660. The van der Waals surface area contributed by atoms with Gasteiger partial charge in [0.05, 0.1) is 25.2 Å². The maximum absolute atomic E-state index is 14.6. The number of hydrogen-bond donors (Lipinski definition) is 2. The van der Waals surface area contributed by atoms with Gasteiger partial charge in [0.2, 0.25) is 5.43 Å². The molecule has 1 spiro atoms. The van der Waals surface area contributed by atoms with Gasteiger partial charge in [-0.25, -0.2) is 13.2 Å². The predicted octanol–water partition coefficient (Wildman–Crippen LogP) is 3.06. The predicted molar refractivity (Wildman–Crippen MR) is 150 cm³/mol. The molecule has 3 aliphatic heterocycles. The molecule has 2 aromatic carbocycles. The number of carbonyl (C=O) groups excluding carboxylic acids is 2. The van der Waals surface area contributed by atoms with Crippen molar-refractivity contribution in [2.24, 2.45) is 5.73 Å². The summed E-state index contributed by atoms with van der Waals surface area (Å²) in [5.41, 5.74) is 3.49. The van der Waals surface area contributed by atoms with Crippen LogP contribution in [-0.4, -0.2) is 62.3 Å². The zero-order valence-corrected chi connectivity index (χ0v) is 23.8. The number of aliphatic hydroxyl groups excluding tert-OH is 1. The second kappa shape index (κ2) is 11.4. The van der Waals surface area contributed by atoms with Crippen molar-refractivity contribution in [3.63, 3.8) is 0 Å². The van der Waals surface area contributed by atoms with Gasteiger partial charge < -0.3 is 25.0 Å². The average Bonchev–Trinajstić information content (AvgIpc) is 3.30. The van der Waals surface area contributed by atoms with Gasteiger partial charge in [0.1, 0.15) is 35.2 Å². The molecule has 4 heterocycles. The minimum atomic E-state index is -1.14. The number of halogens is 3. The Kier molecular flexibility index (Phi) is 7.72. The number of aromatic nitrogens is 1. The molecule has 2 saturated heterocycles. The molecule has 4 atom stereocenters. The first-order chi connectivity index (χ1) is 21.0. The van der Waals surface area contributed by atoms with Crippen LogP contribution in [0.5, 0.6) is 5.75 Å². The summed E-state index contributed by atoms with van der Waals surface area (Å²) in [4.78, 5) is 48.0. The number of pyridine rings is 1. The van der Waals surface area contributed by atoms with Crippen molar-refractivity contribution in [3.05, 3.63) is 98.7 Å². The highest BCUT2D eigenvalue weighted by atomic mass is 19.1. The summed E-state index contributed by atoms with van der Waals surface area (Å²) in [6, 6.07) is 8.41. The van der Waals surface area contributed by atoms with E-state index in [0.29, 0.717) is 25.0 Å². The Morgan fingerprint density at radius 2 is 1.86 bits per heavy atom. The zero-order chi connectivity index (χ0) is 31.3. The number of primary amides is 1. The van der Waals surface area contributed by atoms with E-state index in [1.807, 2.05) is 13.0 Å². The lowest BCUT2D eigenvalue weighted by Gasteiger charge is -2.43. The fraction of sp³-hybridized carbons (Fsp3) is 0.387. The number of ether oxygens (including phenoxy) is 1. The third-order valence-corrected chi connectivity index (χ3v) is 8.90. The Morgan fingerprint density at radius 1 is 1.16 bits per heavy atom. The first kappa shape index (κ1) is 29.9. The summed E-state index contributed by atoms with van der Waals surface area (Å²) < 4.78 is 50.3. The summed E-state index contributed by atoms with van der Waals surface area (Å²) >= 11 is 0. The Morgan fingerprint density at radius 3 is 2.52 bits per heavy atom. The van der Waals surface area contributed by atoms with Crippen molar-refractivity contribution in [1.29, 1.82) is 0 Å². The molecular weight excluding hydrogens is 581 g/mol. The highest BCUT2D eigenvalue weighted by Crippen LogP contribution is 2.49. The van der Waals surface area contributed by atoms with Crippen LogP contribution in [0.15, 0.2) is 53.5 Å². The van der Waals surface area contributed by atoms with E-state index >= 15 is 0 Å². The van der Waals surface area contributed by atoms with E-state index in [0.717, 1.165) is 5.56 Å². The Hall–Kier alpha value is -4.20. The number of benzene rings is 2. The SMILES string of the molecule is C[C@H]1CC[C@]2(CC(CO)N(Cc3c(F)cc(F)cc3F)O2)[C@H]2CN1C(=O)c1c(OCc3ccccc3)c(=O)c(C(N)=O)cn12. The standard InChI is InChI=1S/C31H31F3N4O6/c1-17-7-8-31(11-20(15-39)38(44-31)13-21-23(33)9-19(32)10-24(21)34)25-14-36(17)30(42)26-28(43-16-18-5-3-2-4-6-18)27(40)22(29(35)41)12-37(25)26/h2-6,9-10,12,17,20,25,39H,7-8,11,13-16H2,1H3,(H2,35,41)/t17-,20?,25+,31-/m0/s1. The third-order valence-electron chi connectivity index (χ3n) is 8.90. The van der Waals surface area contributed by atoms with Crippen molar-refractivity contribution >= 4 is 11.8 Å². The molecule has 232 valence electrons. The number of hydrogen-bond acceptors (Lipinski definition) is 7. The second-order valence-electron chi connectivity index (χ2n) is 11.6. The van der Waals surface area contributed by atoms with E-state index in [1.165, 1.54) is 15.8 Å². The van der Waals surface area contributed by atoms with Crippen molar-refractivity contribution in [3.8, 4) is 5.75 Å². The van der Waals surface area contributed by atoms with Crippen molar-refractivity contribution in [2.45, 2.75) is 63.1 Å². The van der Waals surface area contributed by atoms with E-state index in [-0.39, 0.29) is 42.6 Å². The van der Waals surface area contributed by atoms with Gasteiger partial charge in [-0.15, -0.1) is 0 Å². The van der Waals surface area contributed by atoms with Gasteiger partial charge in [-0.2, -0.15) is 5.06 Å². The van der Waals surface area contributed by atoms with E-state index in [9.17, 15) is 32.7 Å². The zero-order valence-electron chi connectivity index (χ0n) is 23.8. The van der Waals surface area contributed by atoms with Crippen LogP contribution in [0, 0.1) is 17.5 Å². The fourth-order valence-electron chi connectivity index (χ4n) is 6.56. The fourth-order valence-corrected chi connectivity index (χ4v) is 6.56. The maximum Gasteiger partial charge on any atom is 0.274 e. The van der Waals surface area contributed by atoms with Gasteiger partial charge in [0.15, 0.2) is 11.4 Å². The van der Waals surface area contributed by atoms with E-state index in [1.54, 1.807) is 29.2 Å². The topological polar surface area (TPSA) is 127 Å². The molecule has 0 saturated carbocycles. The van der Waals surface area contributed by atoms with Gasteiger partial charge in [0.25, 0.3) is 11.8 Å². The number of nitrogens with zero attached hydrogens (tertiary/aromatic N) is 3. The molecule has 2 fully saturated rings. The van der Waals surface area contributed by atoms with Crippen molar-refractivity contribution in [1.82, 2.24) is 14.5 Å². The molecule has 6 rings (SSSR count). The van der Waals surface area contributed by atoms with Crippen LogP contribution in [0.25, 0.3) is 0 Å². The van der Waals surface area contributed by atoms with E-state index < -0.39 is 71.1 Å². The van der Waals surface area contributed by atoms with Gasteiger partial charge in [-0.3, -0.25) is 19.2 Å². The molecule has 3 N–H and O–H groups in total. The number of fused-ring (bicyclic) bond motifs is 5. The molecule has 2 bridgehead atoms. The number of nitrogens with two attached hydrogens (primary N) is 1. The van der Waals surface area contributed by atoms with Gasteiger partial charge in [0, 0.05) is 42.9 Å². The third kappa shape index (κ3) is 5.04. The lowest BCUT2D eigenvalue weighted by atomic mass is 9.83. The molecule has 10 nitrogen and oxygen atoms in total. The molecule has 3 aromatic rings.